The van der Waals surface area contributed by atoms with Crippen molar-refractivity contribution in [2.45, 2.75) is 38.6 Å². The van der Waals surface area contributed by atoms with Gasteiger partial charge in [-0.1, -0.05) is 22.0 Å². The van der Waals surface area contributed by atoms with Gasteiger partial charge in [0.2, 0.25) is 0 Å². The number of hydrogen-bond donors (Lipinski definition) is 1. The minimum atomic E-state index is 0.0418. The first-order valence-electron chi connectivity index (χ1n) is 6.77. The summed E-state index contributed by atoms with van der Waals surface area (Å²) in [5, 5.41) is 0. The van der Waals surface area contributed by atoms with Crippen LogP contribution in [0.2, 0.25) is 0 Å². The third-order valence-corrected chi connectivity index (χ3v) is 4.47. The summed E-state index contributed by atoms with van der Waals surface area (Å²) < 4.78 is 3.28. The third-order valence-electron chi connectivity index (χ3n) is 3.78. The first-order chi connectivity index (χ1) is 9.16. The highest BCUT2D eigenvalue weighted by Crippen LogP contribution is 2.28. The molecule has 19 heavy (non-hydrogen) atoms. The van der Waals surface area contributed by atoms with Gasteiger partial charge < -0.3 is 10.3 Å². The van der Waals surface area contributed by atoms with Gasteiger partial charge in [0.15, 0.2) is 0 Å². The number of fused-ring (bicyclic) bond motifs is 1. The smallest absolute Gasteiger partial charge is 0.0997 e. The van der Waals surface area contributed by atoms with Crippen LogP contribution in [0.3, 0.4) is 0 Å². The highest BCUT2D eigenvalue weighted by atomic mass is 79.9. The van der Waals surface area contributed by atoms with Crippen LogP contribution in [0, 0.1) is 0 Å². The van der Waals surface area contributed by atoms with Crippen molar-refractivity contribution < 1.29 is 0 Å². The summed E-state index contributed by atoms with van der Waals surface area (Å²) in [5.74, 6) is 0. The zero-order valence-electron chi connectivity index (χ0n) is 11.1. The van der Waals surface area contributed by atoms with E-state index in [0.717, 1.165) is 28.6 Å². The van der Waals surface area contributed by atoms with Crippen molar-refractivity contribution in [3.63, 3.8) is 0 Å². The molecule has 3 rings (SSSR count). The number of nitrogens with two attached hydrogens (primary N) is 1. The Labute approximate surface area is 122 Å². The van der Waals surface area contributed by atoms with Crippen molar-refractivity contribution >= 4 is 15.9 Å². The van der Waals surface area contributed by atoms with E-state index >= 15 is 0 Å². The molecule has 0 aliphatic heterocycles. The number of hydrogen-bond acceptors (Lipinski definition) is 2. The van der Waals surface area contributed by atoms with E-state index in [1.165, 1.54) is 24.2 Å². The molecule has 1 aliphatic rings. The van der Waals surface area contributed by atoms with Gasteiger partial charge in [-0.3, -0.25) is 0 Å². The van der Waals surface area contributed by atoms with E-state index in [9.17, 15) is 0 Å². The fourth-order valence-electron chi connectivity index (χ4n) is 2.73. The molecule has 100 valence electrons. The van der Waals surface area contributed by atoms with Gasteiger partial charge in [0.05, 0.1) is 12.0 Å². The van der Waals surface area contributed by atoms with Crippen LogP contribution in [0.5, 0.6) is 0 Å². The molecular formula is C15H18BrN3. The van der Waals surface area contributed by atoms with Gasteiger partial charge in [0.1, 0.15) is 0 Å². The number of aromatic nitrogens is 2. The van der Waals surface area contributed by atoms with E-state index < -0.39 is 0 Å². The van der Waals surface area contributed by atoms with Crippen molar-refractivity contribution in [3.8, 4) is 5.69 Å². The molecule has 1 unspecified atom stereocenters. The molecule has 0 spiro atoms. The SMILES string of the molecule is CC(N)c1ccc(-n2cnc3c2CCCC3)cc1Br. The number of halogens is 1. The first kappa shape index (κ1) is 12.9. The molecule has 2 N–H and O–H groups in total. The summed E-state index contributed by atoms with van der Waals surface area (Å²) in [6, 6.07) is 6.40. The molecule has 1 heterocycles. The second-order valence-corrected chi connectivity index (χ2v) is 6.06. The summed E-state index contributed by atoms with van der Waals surface area (Å²) >= 11 is 3.62. The quantitative estimate of drug-likeness (QED) is 0.920. The number of rotatable bonds is 2. The molecule has 0 fully saturated rings. The molecule has 0 radical (unpaired) electrons. The Morgan fingerprint density at radius 3 is 2.84 bits per heavy atom. The Balaban J connectivity index is 2.03. The second kappa shape index (κ2) is 5.10. The molecule has 1 aromatic heterocycles. The third kappa shape index (κ3) is 2.35. The molecule has 1 aliphatic carbocycles. The Morgan fingerprint density at radius 2 is 2.11 bits per heavy atom. The molecular weight excluding hydrogens is 302 g/mol. The summed E-state index contributed by atoms with van der Waals surface area (Å²) in [6.07, 6.45) is 6.71. The lowest BCUT2D eigenvalue weighted by Crippen LogP contribution is -2.08. The van der Waals surface area contributed by atoms with Crippen LogP contribution >= 0.6 is 15.9 Å². The van der Waals surface area contributed by atoms with E-state index in [2.05, 4.69) is 43.7 Å². The van der Waals surface area contributed by atoms with Crippen LogP contribution in [0.1, 0.15) is 42.8 Å². The fourth-order valence-corrected chi connectivity index (χ4v) is 3.45. The molecule has 4 heteroatoms. The van der Waals surface area contributed by atoms with Crippen molar-refractivity contribution in [3.05, 3.63) is 46.0 Å². The molecule has 0 saturated heterocycles. The van der Waals surface area contributed by atoms with Gasteiger partial charge in [-0.25, -0.2) is 4.98 Å². The summed E-state index contributed by atoms with van der Waals surface area (Å²) in [4.78, 5) is 4.54. The monoisotopic (exact) mass is 319 g/mol. The largest absolute Gasteiger partial charge is 0.324 e. The van der Waals surface area contributed by atoms with Gasteiger partial charge in [0.25, 0.3) is 0 Å². The van der Waals surface area contributed by atoms with Gasteiger partial charge in [-0.2, -0.15) is 0 Å². The molecule has 0 saturated carbocycles. The van der Waals surface area contributed by atoms with E-state index in [4.69, 9.17) is 5.73 Å². The van der Waals surface area contributed by atoms with E-state index in [1.807, 2.05) is 13.3 Å². The maximum atomic E-state index is 5.94. The van der Waals surface area contributed by atoms with Crippen LogP contribution in [-0.4, -0.2) is 9.55 Å². The second-order valence-electron chi connectivity index (χ2n) is 5.21. The van der Waals surface area contributed by atoms with Crippen LogP contribution in [0.25, 0.3) is 5.69 Å². The average Bonchev–Trinajstić information content (AvgIpc) is 2.82. The highest BCUT2D eigenvalue weighted by Gasteiger charge is 2.16. The van der Waals surface area contributed by atoms with Gasteiger partial charge in [0, 0.05) is 21.9 Å². The molecule has 3 nitrogen and oxygen atoms in total. The zero-order chi connectivity index (χ0) is 13.4. The van der Waals surface area contributed by atoms with Crippen molar-refractivity contribution in [2.75, 3.05) is 0 Å². The van der Waals surface area contributed by atoms with Crippen LogP contribution in [0.4, 0.5) is 0 Å². The lowest BCUT2D eigenvalue weighted by atomic mass is 10.0. The maximum Gasteiger partial charge on any atom is 0.0997 e. The topological polar surface area (TPSA) is 43.8 Å². The normalized spacial score (nSPS) is 16.2. The standard InChI is InChI=1S/C15H18BrN3/c1-10(17)12-7-6-11(8-13(12)16)19-9-18-14-4-2-3-5-15(14)19/h6-10H,2-5,17H2,1H3. The minimum Gasteiger partial charge on any atom is -0.324 e. The van der Waals surface area contributed by atoms with Gasteiger partial charge >= 0.3 is 0 Å². The fraction of sp³-hybridized carbons (Fsp3) is 0.400. The Kier molecular flexibility index (Phi) is 3.46. The molecule has 1 atom stereocenters. The van der Waals surface area contributed by atoms with Crippen LogP contribution < -0.4 is 5.73 Å². The lowest BCUT2D eigenvalue weighted by Gasteiger charge is -2.15. The van der Waals surface area contributed by atoms with Gasteiger partial charge in [-0.05, 0) is 50.3 Å². The predicted molar refractivity (Wildman–Crippen MR) is 80.5 cm³/mol. The molecule has 0 amide bonds. The van der Waals surface area contributed by atoms with Crippen molar-refractivity contribution in [1.29, 1.82) is 0 Å². The van der Waals surface area contributed by atoms with Crippen molar-refractivity contribution in [1.82, 2.24) is 9.55 Å². The number of benzene rings is 1. The van der Waals surface area contributed by atoms with Crippen LogP contribution in [-0.2, 0) is 12.8 Å². The molecule has 1 aromatic carbocycles. The van der Waals surface area contributed by atoms with Crippen LogP contribution in [0.15, 0.2) is 29.0 Å². The Bertz CT molecular complexity index is 601. The Hall–Kier alpha value is -1.13. The van der Waals surface area contributed by atoms with Crippen molar-refractivity contribution in [2.24, 2.45) is 5.73 Å². The number of nitrogens with zero attached hydrogens (tertiary/aromatic N) is 2. The predicted octanol–water partition coefficient (Wildman–Crippen LogP) is 3.53. The minimum absolute atomic E-state index is 0.0418. The number of aryl methyl sites for hydroxylation is 1. The highest BCUT2D eigenvalue weighted by molar-refractivity contribution is 9.10. The lowest BCUT2D eigenvalue weighted by molar-refractivity contribution is 0.656. The first-order valence-corrected chi connectivity index (χ1v) is 7.56. The summed E-state index contributed by atoms with van der Waals surface area (Å²) in [5.41, 5.74) is 10.9. The number of imidazole rings is 1. The van der Waals surface area contributed by atoms with E-state index in [1.54, 1.807) is 0 Å². The van der Waals surface area contributed by atoms with E-state index in [0.29, 0.717) is 0 Å². The summed E-state index contributed by atoms with van der Waals surface area (Å²) in [7, 11) is 0. The average molecular weight is 320 g/mol. The molecule has 2 aromatic rings. The molecule has 0 bridgehead atoms. The summed E-state index contributed by atoms with van der Waals surface area (Å²) in [6.45, 7) is 2.00. The van der Waals surface area contributed by atoms with E-state index in [-0.39, 0.29) is 6.04 Å². The zero-order valence-corrected chi connectivity index (χ0v) is 12.7. The Morgan fingerprint density at radius 1 is 1.32 bits per heavy atom. The van der Waals surface area contributed by atoms with Gasteiger partial charge in [-0.15, -0.1) is 0 Å². The maximum absolute atomic E-state index is 5.94.